The number of hydrogen-bond acceptors (Lipinski definition) is 1. The maximum absolute atomic E-state index is 9.25. The summed E-state index contributed by atoms with van der Waals surface area (Å²) in [5, 5.41) is 9.25. The molecule has 1 N–H and O–H groups in total. The van der Waals surface area contributed by atoms with Crippen LogP contribution in [0.15, 0.2) is 0 Å². The van der Waals surface area contributed by atoms with Gasteiger partial charge in [0.2, 0.25) is 0 Å². The largest absolute Gasteiger partial charge is 0.390 e. The highest BCUT2D eigenvalue weighted by molar-refractivity contribution is 6.48. The second-order valence-corrected chi connectivity index (χ2v) is 4.38. The minimum Gasteiger partial charge on any atom is -0.390 e. The summed E-state index contributed by atoms with van der Waals surface area (Å²) in [4.78, 5) is 0. The van der Waals surface area contributed by atoms with Gasteiger partial charge in [-0.3, -0.25) is 0 Å². The van der Waals surface area contributed by atoms with Gasteiger partial charge >= 0.3 is 0 Å². The smallest absolute Gasteiger partial charge is 0.141 e. The topological polar surface area (TPSA) is 20.2 Å². The Kier molecular flexibility index (Phi) is 4.66. The molecule has 0 fully saturated rings. The van der Waals surface area contributed by atoms with Crippen molar-refractivity contribution in [2.45, 2.75) is 43.5 Å². The van der Waals surface area contributed by atoms with Gasteiger partial charge in [-0.05, 0) is 13.3 Å². The van der Waals surface area contributed by atoms with E-state index < -0.39 is 10.4 Å². The predicted molar refractivity (Wildman–Crippen MR) is 45.6 cm³/mol. The first-order valence-electron chi connectivity index (χ1n) is 3.54. The molecular weight excluding hydrogens is 171 g/mol. The molecule has 0 radical (unpaired) electrons. The van der Waals surface area contributed by atoms with Gasteiger partial charge in [-0.15, -0.1) is 0 Å². The van der Waals surface area contributed by atoms with Crippen LogP contribution in [-0.2, 0) is 0 Å². The number of rotatable bonds is 4. The fraction of sp³-hybridized carbons (Fsp3) is 1.00. The third-order valence-electron chi connectivity index (χ3n) is 1.42. The molecule has 0 rings (SSSR count). The van der Waals surface area contributed by atoms with Crippen LogP contribution >= 0.6 is 23.2 Å². The minimum absolute atomic E-state index is 0.601. The Bertz CT molecular complexity index is 88.1. The molecule has 0 heterocycles. The van der Waals surface area contributed by atoms with Crippen LogP contribution in [0.25, 0.3) is 0 Å². The molecule has 1 atom stereocenters. The summed E-state index contributed by atoms with van der Waals surface area (Å²) in [5.41, 5.74) is 0. The predicted octanol–water partition coefficient (Wildman–Crippen LogP) is 2.73. The number of unbranched alkanes of at least 4 members (excludes halogenated alkanes) is 1. The van der Waals surface area contributed by atoms with Gasteiger partial charge in [0.25, 0.3) is 0 Å². The van der Waals surface area contributed by atoms with Crippen molar-refractivity contribution in [3.63, 3.8) is 0 Å². The maximum atomic E-state index is 9.25. The van der Waals surface area contributed by atoms with E-state index in [2.05, 4.69) is 6.92 Å². The number of aliphatic hydroxyl groups is 1. The van der Waals surface area contributed by atoms with Gasteiger partial charge in [0.05, 0.1) is 6.10 Å². The first-order chi connectivity index (χ1) is 4.48. The summed E-state index contributed by atoms with van der Waals surface area (Å²) in [6.45, 7) is 3.67. The monoisotopic (exact) mass is 184 g/mol. The van der Waals surface area contributed by atoms with E-state index in [9.17, 15) is 5.11 Å². The zero-order valence-corrected chi connectivity index (χ0v) is 7.91. The Balaban J connectivity index is 3.52. The maximum Gasteiger partial charge on any atom is 0.141 e. The summed E-state index contributed by atoms with van der Waals surface area (Å²) in [5.74, 6) is 0. The van der Waals surface area contributed by atoms with Crippen LogP contribution in [0.1, 0.15) is 33.1 Å². The normalized spacial score (nSPS) is 15.3. The van der Waals surface area contributed by atoms with Gasteiger partial charge in [0.15, 0.2) is 0 Å². The van der Waals surface area contributed by atoms with E-state index >= 15 is 0 Å². The van der Waals surface area contributed by atoms with Crippen LogP contribution < -0.4 is 0 Å². The fourth-order valence-electron chi connectivity index (χ4n) is 0.651. The molecule has 0 aromatic carbocycles. The number of aliphatic hydroxyl groups excluding tert-OH is 1. The SMILES string of the molecule is CCCCC(O)C(C)(Cl)Cl. The van der Waals surface area contributed by atoms with Gasteiger partial charge < -0.3 is 5.11 Å². The van der Waals surface area contributed by atoms with Crippen molar-refractivity contribution in [2.75, 3.05) is 0 Å². The second-order valence-electron chi connectivity index (χ2n) is 2.61. The van der Waals surface area contributed by atoms with Crippen molar-refractivity contribution in [1.29, 1.82) is 0 Å². The number of hydrogen-bond donors (Lipinski definition) is 1. The first-order valence-corrected chi connectivity index (χ1v) is 4.30. The molecule has 0 spiro atoms. The highest BCUT2D eigenvalue weighted by atomic mass is 35.5. The Labute approximate surface area is 72.3 Å². The van der Waals surface area contributed by atoms with Gasteiger partial charge in [-0.25, -0.2) is 0 Å². The summed E-state index contributed by atoms with van der Waals surface area (Å²) in [6.07, 6.45) is 2.10. The summed E-state index contributed by atoms with van der Waals surface area (Å²) < 4.78 is -0.991. The third kappa shape index (κ3) is 4.37. The van der Waals surface area contributed by atoms with E-state index in [1.807, 2.05) is 0 Å². The zero-order chi connectivity index (χ0) is 8.20. The summed E-state index contributed by atoms with van der Waals surface area (Å²) in [7, 11) is 0. The molecule has 62 valence electrons. The standard InChI is InChI=1S/C7H14Cl2O/c1-3-4-5-6(10)7(2,8)9/h6,10H,3-5H2,1-2H3. The molecule has 0 amide bonds. The minimum atomic E-state index is -0.991. The van der Waals surface area contributed by atoms with E-state index in [0.717, 1.165) is 12.8 Å². The van der Waals surface area contributed by atoms with Crippen molar-refractivity contribution >= 4 is 23.2 Å². The van der Waals surface area contributed by atoms with Crippen LogP contribution in [0.5, 0.6) is 0 Å². The lowest BCUT2D eigenvalue weighted by Crippen LogP contribution is -2.27. The molecule has 0 aromatic rings. The average molecular weight is 185 g/mol. The summed E-state index contributed by atoms with van der Waals surface area (Å²) >= 11 is 11.3. The molecule has 0 aliphatic heterocycles. The molecular formula is C7H14Cl2O. The van der Waals surface area contributed by atoms with Crippen LogP contribution in [0.4, 0.5) is 0 Å². The molecule has 10 heavy (non-hydrogen) atoms. The lowest BCUT2D eigenvalue weighted by Gasteiger charge is -2.20. The average Bonchev–Trinajstić information content (AvgIpc) is 1.80. The van der Waals surface area contributed by atoms with Crippen molar-refractivity contribution < 1.29 is 5.11 Å². The summed E-state index contributed by atoms with van der Waals surface area (Å²) in [6, 6.07) is 0. The molecule has 0 saturated carbocycles. The Hall–Kier alpha value is 0.540. The van der Waals surface area contributed by atoms with E-state index in [1.165, 1.54) is 0 Å². The van der Waals surface area contributed by atoms with Crippen LogP contribution in [-0.4, -0.2) is 15.5 Å². The number of alkyl halides is 2. The highest BCUT2D eigenvalue weighted by Crippen LogP contribution is 2.27. The van der Waals surface area contributed by atoms with Crippen LogP contribution in [0.2, 0.25) is 0 Å². The zero-order valence-electron chi connectivity index (χ0n) is 6.40. The van der Waals surface area contributed by atoms with Crippen molar-refractivity contribution in [3.8, 4) is 0 Å². The number of halogens is 2. The second kappa shape index (κ2) is 4.42. The highest BCUT2D eigenvalue weighted by Gasteiger charge is 2.26. The first kappa shape index (κ1) is 10.5. The molecule has 0 bridgehead atoms. The Morgan fingerprint density at radius 1 is 1.50 bits per heavy atom. The van der Waals surface area contributed by atoms with Crippen LogP contribution in [0, 0.1) is 0 Å². The van der Waals surface area contributed by atoms with Gasteiger partial charge in [0, 0.05) is 0 Å². The third-order valence-corrected chi connectivity index (χ3v) is 1.92. The van der Waals surface area contributed by atoms with Gasteiger partial charge in [-0.1, -0.05) is 43.0 Å². The van der Waals surface area contributed by atoms with Gasteiger partial charge in [0.1, 0.15) is 4.33 Å². The molecule has 0 saturated heterocycles. The fourth-order valence-corrected chi connectivity index (χ4v) is 0.869. The van der Waals surface area contributed by atoms with E-state index in [4.69, 9.17) is 23.2 Å². The quantitative estimate of drug-likeness (QED) is 0.667. The van der Waals surface area contributed by atoms with Crippen LogP contribution in [0.3, 0.4) is 0 Å². The van der Waals surface area contributed by atoms with Crippen molar-refractivity contribution in [1.82, 2.24) is 0 Å². The van der Waals surface area contributed by atoms with Crippen molar-refractivity contribution in [2.24, 2.45) is 0 Å². The van der Waals surface area contributed by atoms with Gasteiger partial charge in [-0.2, -0.15) is 0 Å². The van der Waals surface area contributed by atoms with Crippen molar-refractivity contribution in [3.05, 3.63) is 0 Å². The Morgan fingerprint density at radius 3 is 2.30 bits per heavy atom. The molecule has 0 aliphatic carbocycles. The van der Waals surface area contributed by atoms with E-state index in [-0.39, 0.29) is 0 Å². The Morgan fingerprint density at radius 2 is 2.00 bits per heavy atom. The van der Waals surface area contributed by atoms with E-state index in [1.54, 1.807) is 6.92 Å². The molecule has 0 aromatic heterocycles. The molecule has 1 unspecified atom stereocenters. The molecule has 1 nitrogen and oxygen atoms in total. The van der Waals surface area contributed by atoms with E-state index in [0.29, 0.717) is 6.42 Å². The molecule has 0 aliphatic rings. The lowest BCUT2D eigenvalue weighted by atomic mass is 10.1. The molecule has 3 heteroatoms. The lowest BCUT2D eigenvalue weighted by molar-refractivity contribution is 0.148.